The Morgan fingerprint density at radius 3 is 2.94 bits per heavy atom. The lowest BCUT2D eigenvalue weighted by molar-refractivity contribution is -0.119. The maximum atomic E-state index is 11.7. The number of nitrogens with two attached hydrogens (primary N) is 1. The van der Waals surface area contributed by atoms with E-state index >= 15 is 0 Å². The number of hydrogen-bond acceptors (Lipinski definition) is 4. The molecule has 0 aliphatic carbocycles. The Labute approximate surface area is 106 Å². The Bertz CT molecular complexity index is 327. The largest absolute Gasteiger partial charge is 0.467 e. The highest BCUT2D eigenvalue weighted by Gasteiger charge is 2.12. The van der Waals surface area contributed by atoms with Crippen LogP contribution in [0.1, 0.15) is 32.1 Å². The predicted molar refractivity (Wildman–Crippen MR) is 70.9 cm³/mol. The van der Waals surface area contributed by atoms with Crippen molar-refractivity contribution in [3.63, 3.8) is 0 Å². The van der Waals surface area contributed by atoms with Gasteiger partial charge in [0.25, 0.3) is 0 Å². The van der Waals surface area contributed by atoms with Gasteiger partial charge in [0, 0.05) is 5.25 Å². The van der Waals surface area contributed by atoms with Gasteiger partial charge < -0.3 is 15.5 Å². The standard InChI is InChI=1S/C12H20N2O2S/c1-9(5-6-13)17-8-12(15)14-10(2)11-4-3-7-16-11/h3-4,7,9-10H,5-6,8,13H2,1-2H3,(H,14,15). The minimum atomic E-state index is -0.0806. The summed E-state index contributed by atoms with van der Waals surface area (Å²) < 4.78 is 5.22. The Hall–Kier alpha value is -0.940. The van der Waals surface area contributed by atoms with Crippen molar-refractivity contribution in [1.82, 2.24) is 5.32 Å². The van der Waals surface area contributed by atoms with E-state index in [2.05, 4.69) is 12.2 Å². The number of carbonyl (C=O) groups is 1. The Balaban J connectivity index is 2.25. The maximum absolute atomic E-state index is 11.7. The summed E-state index contributed by atoms with van der Waals surface area (Å²) in [5, 5.41) is 3.32. The van der Waals surface area contributed by atoms with Gasteiger partial charge in [-0.1, -0.05) is 6.92 Å². The third-order valence-electron chi connectivity index (χ3n) is 2.42. The van der Waals surface area contributed by atoms with E-state index in [1.54, 1.807) is 18.0 Å². The van der Waals surface area contributed by atoms with E-state index in [0.717, 1.165) is 12.2 Å². The molecule has 96 valence electrons. The molecule has 3 N–H and O–H groups in total. The lowest BCUT2D eigenvalue weighted by atomic mass is 10.2. The molecule has 4 nitrogen and oxygen atoms in total. The summed E-state index contributed by atoms with van der Waals surface area (Å²) in [6, 6.07) is 3.59. The summed E-state index contributed by atoms with van der Waals surface area (Å²) in [4.78, 5) is 11.7. The first-order valence-electron chi connectivity index (χ1n) is 5.78. The molecule has 0 saturated carbocycles. The van der Waals surface area contributed by atoms with Crippen LogP contribution in [0.5, 0.6) is 0 Å². The molecule has 2 atom stereocenters. The third-order valence-corrected chi connectivity index (χ3v) is 3.65. The van der Waals surface area contributed by atoms with Crippen LogP contribution in [0.3, 0.4) is 0 Å². The van der Waals surface area contributed by atoms with Crippen LogP contribution in [0.4, 0.5) is 0 Å². The minimum absolute atomic E-state index is 0.0303. The van der Waals surface area contributed by atoms with Crippen molar-refractivity contribution in [1.29, 1.82) is 0 Å². The van der Waals surface area contributed by atoms with Gasteiger partial charge in [0.15, 0.2) is 0 Å². The zero-order valence-electron chi connectivity index (χ0n) is 10.3. The molecule has 0 spiro atoms. The second-order valence-corrected chi connectivity index (χ2v) is 5.43. The second-order valence-electron chi connectivity index (χ2n) is 4.00. The summed E-state index contributed by atoms with van der Waals surface area (Å²) in [5.74, 6) is 1.27. The molecule has 1 aromatic rings. The van der Waals surface area contributed by atoms with Gasteiger partial charge in [0.1, 0.15) is 5.76 Å². The summed E-state index contributed by atoms with van der Waals surface area (Å²) in [6.07, 6.45) is 2.54. The van der Waals surface area contributed by atoms with Crippen LogP contribution < -0.4 is 11.1 Å². The molecule has 0 aromatic carbocycles. The topological polar surface area (TPSA) is 68.3 Å². The SMILES string of the molecule is CC(CCN)SCC(=O)NC(C)c1ccco1. The normalized spacial score (nSPS) is 14.3. The monoisotopic (exact) mass is 256 g/mol. The van der Waals surface area contributed by atoms with E-state index in [0.29, 0.717) is 17.5 Å². The first kappa shape index (κ1) is 14.1. The molecule has 0 saturated heterocycles. The third kappa shape index (κ3) is 5.28. The van der Waals surface area contributed by atoms with Crippen LogP contribution in [0.25, 0.3) is 0 Å². The lowest BCUT2D eigenvalue weighted by Gasteiger charge is -2.13. The van der Waals surface area contributed by atoms with E-state index in [1.165, 1.54) is 0 Å². The fourth-order valence-electron chi connectivity index (χ4n) is 1.43. The smallest absolute Gasteiger partial charge is 0.230 e. The quantitative estimate of drug-likeness (QED) is 0.782. The fraction of sp³-hybridized carbons (Fsp3) is 0.583. The van der Waals surface area contributed by atoms with Crippen LogP contribution in [-0.4, -0.2) is 23.5 Å². The van der Waals surface area contributed by atoms with Gasteiger partial charge in [-0.2, -0.15) is 0 Å². The number of furan rings is 1. The molecule has 0 aliphatic heterocycles. The van der Waals surface area contributed by atoms with Crippen molar-refractivity contribution < 1.29 is 9.21 Å². The highest BCUT2D eigenvalue weighted by Crippen LogP contribution is 2.15. The second kappa shape index (κ2) is 7.40. The average molecular weight is 256 g/mol. The van der Waals surface area contributed by atoms with Crippen molar-refractivity contribution in [3.8, 4) is 0 Å². The van der Waals surface area contributed by atoms with E-state index < -0.39 is 0 Å². The summed E-state index contributed by atoms with van der Waals surface area (Å²) >= 11 is 1.63. The number of amides is 1. The summed E-state index contributed by atoms with van der Waals surface area (Å²) in [5.41, 5.74) is 5.45. The van der Waals surface area contributed by atoms with E-state index in [9.17, 15) is 4.79 Å². The average Bonchev–Trinajstić information content (AvgIpc) is 2.80. The fourth-order valence-corrected chi connectivity index (χ4v) is 2.25. The molecular formula is C12H20N2O2S. The first-order valence-corrected chi connectivity index (χ1v) is 6.82. The van der Waals surface area contributed by atoms with Crippen molar-refractivity contribution in [2.24, 2.45) is 5.73 Å². The van der Waals surface area contributed by atoms with Crippen molar-refractivity contribution in [3.05, 3.63) is 24.2 Å². The minimum Gasteiger partial charge on any atom is -0.467 e. The number of carbonyl (C=O) groups excluding carboxylic acids is 1. The van der Waals surface area contributed by atoms with Crippen molar-refractivity contribution in [2.45, 2.75) is 31.6 Å². The molecule has 1 aromatic heterocycles. The molecule has 1 heterocycles. The zero-order valence-corrected chi connectivity index (χ0v) is 11.1. The van der Waals surface area contributed by atoms with Crippen LogP contribution in [0.2, 0.25) is 0 Å². The van der Waals surface area contributed by atoms with E-state index in [-0.39, 0.29) is 11.9 Å². The molecule has 2 unspecified atom stereocenters. The van der Waals surface area contributed by atoms with Gasteiger partial charge in [0.2, 0.25) is 5.91 Å². The number of rotatable bonds is 7. The number of hydrogen-bond donors (Lipinski definition) is 2. The van der Waals surface area contributed by atoms with Gasteiger partial charge in [-0.15, -0.1) is 11.8 Å². The Kier molecular flexibility index (Phi) is 6.15. The Morgan fingerprint density at radius 1 is 1.59 bits per heavy atom. The van der Waals surface area contributed by atoms with Crippen LogP contribution in [0, 0.1) is 0 Å². The zero-order chi connectivity index (χ0) is 12.7. The molecule has 0 bridgehead atoms. The van der Waals surface area contributed by atoms with Crippen molar-refractivity contribution in [2.75, 3.05) is 12.3 Å². The number of thioether (sulfide) groups is 1. The van der Waals surface area contributed by atoms with Gasteiger partial charge >= 0.3 is 0 Å². The molecular weight excluding hydrogens is 236 g/mol. The van der Waals surface area contributed by atoms with Gasteiger partial charge in [-0.3, -0.25) is 4.79 Å². The first-order chi connectivity index (χ1) is 8.13. The van der Waals surface area contributed by atoms with Crippen molar-refractivity contribution >= 4 is 17.7 Å². The maximum Gasteiger partial charge on any atom is 0.230 e. The van der Waals surface area contributed by atoms with E-state index in [1.807, 2.05) is 19.1 Å². The molecule has 0 fully saturated rings. The Morgan fingerprint density at radius 2 is 2.35 bits per heavy atom. The lowest BCUT2D eigenvalue weighted by Crippen LogP contribution is -2.28. The number of nitrogens with one attached hydrogen (secondary N) is 1. The van der Waals surface area contributed by atoms with Gasteiger partial charge in [-0.25, -0.2) is 0 Å². The van der Waals surface area contributed by atoms with Gasteiger partial charge in [-0.05, 0) is 32.0 Å². The van der Waals surface area contributed by atoms with Crippen LogP contribution >= 0.6 is 11.8 Å². The molecule has 1 amide bonds. The highest BCUT2D eigenvalue weighted by atomic mass is 32.2. The molecule has 0 radical (unpaired) electrons. The van der Waals surface area contributed by atoms with E-state index in [4.69, 9.17) is 10.2 Å². The van der Waals surface area contributed by atoms with Gasteiger partial charge in [0.05, 0.1) is 18.1 Å². The molecule has 1 rings (SSSR count). The molecule has 5 heteroatoms. The van der Waals surface area contributed by atoms with Crippen LogP contribution in [0.15, 0.2) is 22.8 Å². The summed E-state index contributed by atoms with van der Waals surface area (Å²) in [7, 11) is 0. The summed E-state index contributed by atoms with van der Waals surface area (Å²) in [6.45, 7) is 4.66. The predicted octanol–water partition coefficient (Wildman–Crippen LogP) is 1.93. The highest BCUT2D eigenvalue weighted by molar-refractivity contribution is 8.00. The molecule has 0 aliphatic rings. The molecule has 17 heavy (non-hydrogen) atoms. The van der Waals surface area contributed by atoms with Crippen LogP contribution in [-0.2, 0) is 4.79 Å².